The van der Waals surface area contributed by atoms with Gasteiger partial charge in [0, 0.05) is 38.8 Å². The number of nitrogens with zero attached hydrogens (tertiary/aromatic N) is 3. The maximum atomic E-state index is 12.5. The lowest BCUT2D eigenvalue weighted by molar-refractivity contribution is -0.0764. The Kier molecular flexibility index (Phi) is 7.13. The number of carbonyl (C=O) groups is 1. The van der Waals surface area contributed by atoms with Gasteiger partial charge in [0.15, 0.2) is 0 Å². The highest BCUT2D eigenvalue weighted by Gasteiger charge is 2.42. The average molecular weight is 465 g/mol. The summed E-state index contributed by atoms with van der Waals surface area (Å²) >= 11 is 0. The van der Waals surface area contributed by atoms with Gasteiger partial charge in [-0.15, -0.1) is 0 Å². The molecule has 0 aliphatic carbocycles. The van der Waals surface area contributed by atoms with E-state index in [2.05, 4.69) is 39.3 Å². The Morgan fingerprint density at radius 3 is 2.59 bits per heavy atom. The molecule has 7 nitrogen and oxygen atoms in total. The van der Waals surface area contributed by atoms with Crippen molar-refractivity contribution in [1.82, 2.24) is 20.0 Å². The van der Waals surface area contributed by atoms with Gasteiger partial charge in [-0.1, -0.05) is 24.0 Å². The Bertz CT molecular complexity index is 1060. The van der Waals surface area contributed by atoms with Crippen LogP contribution in [-0.2, 0) is 18.3 Å². The Hall–Kier alpha value is -2.66. The van der Waals surface area contributed by atoms with Gasteiger partial charge in [-0.05, 0) is 70.2 Å². The summed E-state index contributed by atoms with van der Waals surface area (Å²) in [5.41, 5.74) is 2.57. The van der Waals surface area contributed by atoms with Gasteiger partial charge < -0.3 is 15.2 Å². The molecule has 1 aromatic carbocycles. The van der Waals surface area contributed by atoms with Crippen molar-refractivity contribution >= 4 is 5.91 Å². The van der Waals surface area contributed by atoms with Crippen LogP contribution in [0.1, 0.15) is 66.8 Å². The van der Waals surface area contributed by atoms with Crippen molar-refractivity contribution in [2.45, 2.75) is 70.3 Å². The molecule has 7 heteroatoms. The summed E-state index contributed by atoms with van der Waals surface area (Å²) in [6, 6.07) is 10.1. The molecular weight excluding hydrogens is 428 g/mol. The van der Waals surface area contributed by atoms with Gasteiger partial charge in [0.2, 0.25) is 0 Å². The minimum absolute atomic E-state index is 0.0500. The fourth-order valence-corrected chi connectivity index (χ4v) is 4.82. The second-order valence-electron chi connectivity index (χ2n) is 10.2. The van der Waals surface area contributed by atoms with Crippen LogP contribution in [0.3, 0.4) is 0 Å². The zero-order valence-corrected chi connectivity index (χ0v) is 20.7. The lowest BCUT2D eigenvalue weighted by Crippen LogP contribution is -2.44. The van der Waals surface area contributed by atoms with Crippen molar-refractivity contribution in [3.63, 3.8) is 0 Å². The molecule has 3 heterocycles. The van der Waals surface area contributed by atoms with E-state index in [0.29, 0.717) is 12.2 Å². The predicted molar refractivity (Wildman–Crippen MR) is 131 cm³/mol. The van der Waals surface area contributed by atoms with E-state index in [4.69, 9.17) is 4.74 Å². The molecule has 0 bridgehead atoms. The lowest BCUT2D eigenvalue weighted by Gasteiger charge is -2.39. The normalized spacial score (nSPS) is 20.2. The molecular formula is C27H36N4O3. The van der Waals surface area contributed by atoms with Crippen LogP contribution >= 0.6 is 0 Å². The fourth-order valence-electron chi connectivity index (χ4n) is 4.82. The molecule has 4 rings (SSSR count). The van der Waals surface area contributed by atoms with Crippen molar-refractivity contribution in [2.24, 2.45) is 7.05 Å². The monoisotopic (exact) mass is 464 g/mol. The number of aryl methyl sites for hydroxylation is 2. The van der Waals surface area contributed by atoms with E-state index in [0.717, 1.165) is 56.6 Å². The zero-order chi connectivity index (χ0) is 24.3. The third-order valence-corrected chi connectivity index (χ3v) is 6.70. The summed E-state index contributed by atoms with van der Waals surface area (Å²) in [4.78, 5) is 14.9. The maximum absolute atomic E-state index is 12.5. The third-order valence-electron chi connectivity index (χ3n) is 6.70. The molecule has 2 fully saturated rings. The van der Waals surface area contributed by atoms with Crippen LogP contribution in [0.25, 0.3) is 0 Å². The second-order valence-corrected chi connectivity index (χ2v) is 10.2. The Balaban J connectivity index is 1.22. The second kappa shape index (κ2) is 9.91. The van der Waals surface area contributed by atoms with Crippen LogP contribution in [-0.4, -0.2) is 62.6 Å². The van der Waals surface area contributed by atoms with Gasteiger partial charge in [-0.2, -0.15) is 5.10 Å². The number of hydrogen-bond donors (Lipinski definition) is 2. The number of ether oxygens (including phenoxy) is 1. The van der Waals surface area contributed by atoms with Crippen LogP contribution in [0.5, 0.6) is 0 Å². The highest BCUT2D eigenvalue weighted by molar-refractivity contribution is 5.92. The molecule has 0 radical (unpaired) electrons. The van der Waals surface area contributed by atoms with Crippen molar-refractivity contribution in [3.05, 3.63) is 52.8 Å². The van der Waals surface area contributed by atoms with E-state index < -0.39 is 5.60 Å². The first-order chi connectivity index (χ1) is 16.1. The SMILES string of the molecule is Cc1cc(C(=O)NC[C@H]2CCC3(CCN(Cc4ccc(C#CC(C)(C)O)cc4)CC3)O2)n(C)n1. The molecule has 1 aromatic heterocycles. The molecule has 0 saturated carbocycles. The fraction of sp³-hybridized carbons (Fsp3) is 0.556. The molecule has 34 heavy (non-hydrogen) atoms. The van der Waals surface area contributed by atoms with Crippen LogP contribution in [0, 0.1) is 18.8 Å². The Morgan fingerprint density at radius 1 is 1.26 bits per heavy atom. The van der Waals surface area contributed by atoms with Gasteiger partial charge in [0.1, 0.15) is 11.3 Å². The summed E-state index contributed by atoms with van der Waals surface area (Å²) in [6.45, 7) is 8.73. The Labute approximate surface area is 202 Å². The molecule has 2 aromatic rings. The number of aromatic nitrogens is 2. The number of rotatable bonds is 5. The maximum Gasteiger partial charge on any atom is 0.269 e. The standard InChI is InChI=1S/C27H36N4O3/c1-20-17-24(30(4)29-20)25(32)28-18-23-10-12-27(34-23)13-15-31(16-14-27)19-22-7-5-21(6-8-22)9-11-26(2,3)33/h5-8,17,23,33H,10,12-16,18-19H2,1-4H3,(H,28,32)/t23-/m1/s1. The molecule has 1 atom stereocenters. The number of amides is 1. The number of likely N-dealkylation sites (tertiary alicyclic amines) is 1. The van der Waals surface area contributed by atoms with Crippen molar-refractivity contribution < 1.29 is 14.6 Å². The van der Waals surface area contributed by atoms with E-state index >= 15 is 0 Å². The summed E-state index contributed by atoms with van der Waals surface area (Å²) < 4.78 is 8.10. The molecule has 2 saturated heterocycles. The zero-order valence-electron chi connectivity index (χ0n) is 20.7. The average Bonchev–Trinajstić information content (AvgIpc) is 3.35. The topological polar surface area (TPSA) is 79.6 Å². The number of aliphatic hydroxyl groups is 1. The van der Waals surface area contributed by atoms with Crippen LogP contribution < -0.4 is 5.32 Å². The van der Waals surface area contributed by atoms with E-state index in [1.807, 2.05) is 19.1 Å². The van der Waals surface area contributed by atoms with Crippen molar-refractivity contribution in [2.75, 3.05) is 19.6 Å². The van der Waals surface area contributed by atoms with Crippen LogP contribution in [0.4, 0.5) is 0 Å². The number of piperidine rings is 1. The molecule has 2 N–H and O–H groups in total. The number of carbonyl (C=O) groups excluding carboxylic acids is 1. The van der Waals surface area contributed by atoms with E-state index in [9.17, 15) is 9.90 Å². The Morgan fingerprint density at radius 2 is 1.97 bits per heavy atom. The van der Waals surface area contributed by atoms with Crippen molar-refractivity contribution in [1.29, 1.82) is 0 Å². The minimum Gasteiger partial charge on any atom is -0.378 e. The van der Waals surface area contributed by atoms with Gasteiger partial charge in [0.25, 0.3) is 5.91 Å². The van der Waals surface area contributed by atoms with Crippen LogP contribution in [0.15, 0.2) is 30.3 Å². The highest BCUT2D eigenvalue weighted by atomic mass is 16.5. The molecule has 1 amide bonds. The van der Waals surface area contributed by atoms with Gasteiger partial charge >= 0.3 is 0 Å². The number of benzene rings is 1. The number of nitrogens with one attached hydrogen (secondary N) is 1. The molecule has 2 aliphatic heterocycles. The highest BCUT2D eigenvalue weighted by Crippen LogP contribution is 2.39. The summed E-state index contributed by atoms with van der Waals surface area (Å²) in [7, 11) is 1.79. The largest absolute Gasteiger partial charge is 0.378 e. The molecule has 2 aliphatic rings. The van der Waals surface area contributed by atoms with Gasteiger partial charge in [0.05, 0.1) is 17.4 Å². The van der Waals surface area contributed by atoms with Gasteiger partial charge in [-0.3, -0.25) is 14.4 Å². The number of hydrogen-bond acceptors (Lipinski definition) is 5. The predicted octanol–water partition coefficient (Wildman–Crippen LogP) is 2.79. The summed E-state index contributed by atoms with van der Waals surface area (Å²) in [5, 5.41) is 17.0. The van der Waals surface area contributed by atoms with Crippen molar-refractivity contribution in [3.8, 4) is 11.8 Å². The summed E-state index contributed by atoms with van der Waals surface area (Å²) in [6.07, 6.45) is 4.15. The first-order valence-electron chi connectivity index (χ1n) is 12.1. The molecule has 0 unspecified atom stereocenters. The molecule has 182 valence electrons. The lowest BCUT2D eigenvalue weighted by atomic mass is 9.88. The van der Waals surface area contributed by atoms with Gasteiger partial charge in [-0.25, -0.2) is 0 Å². The quantitative estimate of drug-likeness (QED) is 0.666. The summed E-state index contributed by atoms with van der Waals surface area (Å²) in [5.74, 6) is 5.78. The van der Waals surface area contributed by atoms with E-state index in [1.54, 1.807) is 31.6 Å². The molecule has 1 spiro atoms. The smallest absolute Gasteiger partial charge is 0.269 e. The minimum atomic E-state index is -0.979. The first kappa shape index (κ1) is 24.5. The third kappa shape index (κ3) is 6.26. The van der Waals surface area contributed by atoms with E-state index in [-0.39, 0.29) is 17.6 Å². The van der Waals surface area contributed by atoms with Crippen LogP contribution in [0.2, 0.25) is 0 Å². The van der Waals surface area contributed by atoms with E-state index in [1.165, 1.54) is 5.56 Å². The first-order valence-corrected chi connectivity index (χ1v) is 12.1.